The van der Waals surface area contributed by atoms with Gasteiger partial charge in [0.15, 0.2) is 5.82 Å². The highest BCUT2D eigenvalue weighted by Crippen LogP contribution is 2.05. The van der Waals surface area contributed by atoms with E-state index in [1.165, 1.54) is 0 Å². The van der Waals surface area contributed by atoms with E-state index in [4.69, 9.17) is 5.53 Å². The Kier molecular flexibility index (Phi) is 2.27. The van der Waals surface area contributed by atoms with Crippen molar-refractivity contribution in [1.82, 2.24) is 10.2 Å². The molecule has 0 saturated heterocycles. The van der Waals surface area contributed by atoms with E-state index >= 15 is 0 Å². The molecule has 0 radical (unpaired) electrons. The lowest BCUT2D eigenvalue weighted by Crippen LogP contribution is -1.84. The number of nitrogens with one attached hydrogen (secondary N) is 3. The number of aromatic amines is 2. The summed E-state index contributed by atoms with van der Waals surface area (Å²) in [6.07, 6.45) is 0. The van der Waals surface area contributed by atoms with Gasteiger partial charge in [-0.05, 0) is 12.1 Å². The number of H-pyrrole nitrogens is 2. The molecule has 70 valence electrons. The lowest BCUT2D eigenvalue weighted by atomic mass is 10.3. The normalized spacial score (nSPS) is 9.71. The molecule has 0 saturated carbocycles. The van der Waals surface area contributed by atoms with Crippen molar-refractivity contribution in [1.29, 1.82) is 5.53 Å². The van der Waals surface area contributed by atoms with Crippen LogP contribution in [0.1, 0.15) is 0 Å². The Morgan fingerprint density at radius 2 is 1.79 bits per heavy atom. The van der Waals surface area contributed by atoms with Crippen LogP contribution in [0.3, 0.4) is 0 Å². The van der Waals surface area contributed by atoms with Crippen LogP contribution in [0, 0.1) is 16.1 Å². The average molecular weight is 186 g/mol. The van der Waals surface area contributed by atoms with Crippen molar-refractivity contribution >= 4 is 5.82 Å². The molecule has 0 aromatic heterocycles. The Balaban J connectivity index is 2.86. The molecule has 1 aliphatic carbocycles. The fraction of sp³-hybridized carbons (Fsp3) is 0. The molecule has 0 atom stereocenters. The first-order valence-corrected chi connectivity index (χ1v) is 4.27. The van der Waals surface area contributed by atoms with Crippen LogP contribution in [0.5, 0.6) is 0 Å². The molecular formula is C10H10N4. The minimum absolute atomic E-state index is 0.506. The zero-order valence-corrected chi connectivity index (χ0v) is 7.49. The molecule has 0 spiro atoms. The summed E-state index contributed by atoms with van der Waals surface area (Å²) in [5.41, 5.74) is 6.88. The van der Waals surface area contributed by atoms with Crippen LogP contribution in [0.4, 0.5) is 5.82 Å². The summed E-state index contributed by atoms with van der Waals surface area (Å²) >= 11 is 0. The van der Waals surface area contributed by atoms with E-state index < -0.39 is 0 Å². The highest BCUT2D eigenvalue weighted by molar-refractivity contribution is 5.24. The van der Waals surface area contributed by atoms with E-state index in [9.17, 15) is 0 Å². The van der Waals surface area contributed by atoms with Gasteiger partial charge < -0.3 is 0 Å². The number of hydrogen-bond donors (Lipinski definition) is 3. The summed E-state index contributed by atoms with van der Waals surface area (Å²) in [5, 5.41) is 11.1. The Hall–Kier alpha value is -2.10. The molecule has 0 amide bonds. The Labute approximate surface area is 80.4 Å². The molecule has 0 aromatic carbocycles. The van der Waals surface area contributed by atoms with Gasteiger partial charge in [0.1, 0.15) is 0 Å². The fourth-order valence-electron chi connectivity index (χ4n) is 1.24. The number of rotatable bonds is 1. The highest BCUT2D eigenvalue weighted by Gasteiger charge is 1.87. The third kappa shape index (κ3) is 1.64. The molecule has 0 unspecified atom stereocenters. The second kappa shape index (κ2) is 3.74. The van der Waals surface area contributed by atoms with Crippen LogP contribution in [-0.4, -0.2) is 10.2 Å². The standard InChI is InChI=1S/C10H10N4/c11-12-10-7-8-5-3-1-2-4-6-9(8)13-14-10/h1-7,11,13-14H. The summed E-state index contributed by atoms with van der Waals surface area (Å²) in [7, 11) is 0. The van der Waals surface area contributed by atoms with Crippen molar-refractivity contribution in [2.45, 2.75) is 0 Å². The summed E-state index contributed by atoms with van der Waals surface area (Å²) < 4.78 is 0. The van der Waals surface area contributed by atoms with Gasteiger partial charge in [-0.1, -0.05) is 30.3 Å². The average Bonchev–Trinajstić information content (AvgIpc) is 2.18. The lowest BCUT2D eigenvalue weighted by molar-refractivity contribution is 0.952. The quantitative estimate of drug-likeness (QED) is 0.573. The Morgan fingerprint density at radius 1 is 1.00 bits per heavy atom. The maximum Gasteiger partial charge on any atom is 0.166 e. The monoisotopic (exact) mass is 186 g/mol. The SMILES string of the molecule is N=Nc1cc2ccccccc=2[nH][nH]1. The summed E-state index contributed by atoms with van der Waals surface area (Å²) in [5.74, 6) is 0.506. The first-order valence-electron chi connectivity index (χ1n) is 4.27. The molecule has 1 heterocycles. The molecule has 3 N–H and O–H groups in total. The maximum absolute atomic E-state index is 6.88. The molecule has 4 heteroatoms. The van der Waals surface area contributed by atoms with E-state index in [1.807, 2.05) is 42.5 Å². The molecule has 1 aliphatic heterocycles. The van der Waals surface area contributed by atoms with Gasteiger partial charge in [0.05, 0.1) is 5.35 Å². The van der Waals surface area contributed by atoms with Crippen LogP contribution in [-0.2, 0) is 0 Å². The minimum atomic E-state index is 0.506. The largest absolute Gasteiger partial charge is 0.299 e. The summed E-state index contributed by atoms with van der Waals surface area (Å²) in [6.45, 7) is 0. The number of nitrogens with zero attached hydrogens (tertiary/aromatic N) is 1. The summed E-state index contributed by atoms with van der Waals surface area (Å²) in [4.78, 5) is 0. The first kappa shape index (κ1) is 8.50. The van der Waals surface area contributed by atoms with Gasteiger partial charge in [0, 0.05) is 5.22 Å². The van der Waals surface area contributed by atoms with Gasteiger partial charge in [-0.15, -0.1) is 5.11 Å². The topological polar surface area (TPSA) is 67.8 Å². The van der Waals surface area contributed by atoms with E-state index in [0.717, 1.165) is 10.6 Å². The van der Waals surface area contributed by atoms with Gasteiger partial charge in [-0.3, -0.25) is 10.2 Å². The Morgan fingerprint density at radius 3 is 2.57 bits per heavy atom. The molecule has 0 bridgehead atoms. The molecular weight excluding hydrogens is 176 g/mol. The van der Waals surface area contributed by atoms with Gasteiger partial charge in [0.2, 0.25) is 0 Å². The number of aromatic nitrogens is 2. The van der Waals surface area contributed by atoms with Crippen molar-refractivity contribution in [3.8, 4) is 0 Å². The zero-order valence-electron chi connectivity index (χ0n) is 7.49. The predicted octanol–water partition coefficient (Wildman–Crippen LogP) is 2.85. The van der Waals surface area contributed by atoms with Crippen molar-refractivity contribution in [3.63, 3.8) is 0 Å². The van der Waals surface area contributed by atoms with Gasteiger partial charge in [-0.2, -0.15) is 0 Å². The lowest BCUT2D eigenvalue weighted by Gasteiger charge is -1.94. The molecule has 14 heavy (non-hydrogen) atoms. The van der Waals surface area contributed by atoms with Crippen LogP contribution in [0.2, 0.25) is 0 Å². The van der Waals surface area contributed by atoms with Crippen LogP contribution < -0.4 is 0 Å². The molecule has 4 nitrogen and oxygen atoms in total. The smallest absolute Gasteiger partial charge is 0.166 e. The van der Waals surface area contributed by atoms with Crippen molar-refractivity contribution in [2.24, 2.45) is 5.11 Å². The zero-order chi connectivity index (χ0) is 9.80. The first-order chi connectivity index (χ1) is 6.90. The van der Waals surface area contributed by atoms with Crippen molar-refractivity contribution < 1.29 is 0 Å². The fourth-order valence-corrected chi connectivity index (χ4v) is 1.24. The van der Waals surface area contributed by atoms with E-state index in [-0.39, 0.29) is 0 Å². The van der Waals surface area contributed by atoms with Gasteiger partial charge >= 0.3 is 0 Å². The molecule has 0 fully saturated rings. The predicted molar refractivity (Wildman–Crippen MR) is 52.9 cm³/mol. The second-order valence-electron chi connectivity index (χ2n) is 2.86. The molecule has 2 aliphatic rings. The van der Waals surface area contributed by atoms with Gasteiger partial charge in [-0.25, -0.2) is 5.53 Å². The van der Waals surface area contributed by atoms with Crippen molar-refractivity contribution in [2.75, 3.05) is 0 Å². The van der Waals surface area contributed by atoms with Crippen LogP contribution >= 0.6 is 0 Å². The number of hydrogen-bond acceptors (Lipinski definition) is 2. The highest BCUT2D eigenvalue weighted by atomic mass is 15.2. The van der Waals surface area contributed by atoms with E-state index in [0.29, 0.717) is 5.82 Å². The van der Waals surface area contributed by atoms with Gasteiger partial charge in [0.25, 0.3) is 0 Å². The minimum Gasteiger partial charge on any atom is -0.299 e. The third-order valence-electron chi connectivity index (χ3n) is 1.92. The molecule has 0 aromatic rings. The van der Waals surface area contributed by atoms with E-state index in [1.54, 1.807) is 0 Å². The third-order valence-corrected chi connectivity index (χ3v) is 1.92. The van der Waals surface area contributed by atoms with Crippen molar-refractivity contribution in [3.05, 3.63) is 53.0 Å². The second-order valence-corrected chi connectivity index (χ2v) is 2.86. The maximum atomic E-state index is 6.88. The Bertz CT molecular complexity index is 536. The van der Waals surface area contributed by atoms with Crippen LogP contribution in [0.25, 0.3) is 0 Å². The molecule has 2 rings (SSSR count). The summed E-state index contributed by atoms with van der Waals surface area (Å²) in [6, 6.07) is 13.5. The van der Waals surface area contributed by atoms with Crippen LogP contribution in [0.15, 0.2) is 47.6 Å². The van der Waals surface area contributed by atoms with E-state index in [2.05, 4.69) is 15.3 Å².